The Labute approximate surface area is 111 Å². The lowest BCUT2D eigenvalue weighted by Crippen LogP contribution is -2.43. The zero-order chi connectivity index (χ0) is 13.7. The predicted molar refractivity (Wildman–Crippen MR) is 64.8 cm³/mol. The first kappa shape index (κ1) is 14.4. The van der Waals surface area contributed by atoms with Crippen LogP contribution in [0.5, 0.6) is 5.75 Å². The normalized spacial score (nSPS) is 11.7. The molecular formula is C11H11BrFNO4. The number of carbonyl (C=O) groups is 2. The second-order valence-electron chi connectivity index (χ2n) is 3.48. The molecule has 98 valence electrons. The van der Waals surface area contributed by atoms with Crippen LogP contribution in [-0.2, 0) is 9.59 Å². The van der Waals surface area contributed by atoms with Crippen LogP contribution in [0.3, 0.4) is 0 Å². The van der Waals surface area contributed by atoms with Crippen LogP contribution >= 0.6 is 15.9 Å². The van der Waals surface area contributed by atoms with Gasteiger partial charge in [-0.15, -0.1) is 0 Å². The molecule has 1 unspecified atom stereocenters. The molecule has 1 rings (SSSR count). The van der Waals surface area contributed by atoms with Crippen LogP contribution < -0.4 is 10.1 Å². The molecule has 0 fully saturated rings. The Morgan fingerprint density at radius 2 is 2.22 bits per heavy atom. The van der Waals surface area contributed by atoms with Crippen molar-refractivity contribution in [2.45, 2.75) is 13.0 Å². The fourth-order valence-electron chi connectivity index (χ4n) is 1.19. The number of amides is 1. The Morgan fingerprint density at radius 1 is 1.56 bits per heavy atom. The molecule has 0 saturated carbocycles. The Bertz CT molecular complexity index is 466. The lowest BCUT2D eigenvalue weighted by Gasteiger charge is -2.14. The Hall–Kier alpha value is -1.63. The van der Waals surface area contributed by atoms with Gasteiger partial charge in [-0.3, -0.25) is 4.79 Å². The van der Waals surface area contributed by atoms with Gasteiger partial charge in [0.1, 0.15) is 6.61 Å². The maximum Gasteiger partial charge on any atom is 0.329 e. The van der Waals surface area contributed by atoms with E-state index in [9.17, 15) is 14.0 Å². The van der Waals surface area contributed by atoms with Gasteiger partial charge in [0.25, 0.3) is 0 Å². The molecule has 0 spiro atoms. The summed E-state index contributed by atoms with van der Waals surface area (Å²) in [5.74, 6) is -2.43. The van der Waals surface area contributed by atoms with E-state index in [0.717, 1.165) is 0 Å². The van der Waals surface area contributed by atoms with E-state index in [0.29, 0.717) is 4.47 Å². The SMILES string of the molecule is CC(=O)NC(COc1ccc(Br)cc1F)C(=O)O. The first-order chi connectivity index (χ1) is 8.40. The van der Waals surface area contributed by atoms with Crippen molar-refractivity contribution >= 4 is 27.8 Å². The molecule has 0 aliphatic carbocycles. The van der Waals surface area contributed by atoms with Crippen molar-refractivity contribution in [2.75, 3.05) is 6.61 Å². The average molecular weight is 320 g/mol. The second-order valence-corrected chi connectivity index (χ2v) is 4.39. The first-order valence-electron chi connectivity index (χ1n) is 4.98. The molecule has 18 heavy (non-hydrogen) atoms. The van der Waals surface area contributed by atoms with E-state index in [2.05, 4.69) is 21.2 Å². The summed E-state index contributed by atoms with van der Waals surface area (Å²) in [6.45, 7) is 0.837. The highest BCUT2D eigenvalue weighted by atomic mass is 79.9. The minimum Gasteiger partial charge on any atom is -0.488 e. The molecule has 0 bridgehead atoms. The third-order valence-corrected chi connectivity index (χ3v) is 2.47. The number of halogens is 2. The molecule has 7 heteroatoms. The molecule has 0 radical (unpaired) electrons. The summed E-state index contributed by atoms with van der Waals surface area (Å²) in [6.07, 6.45) is 0. The van der Waals surface area contributed by atoms with Crippen molar-refractivity contribution < 1.29 is 23.8 Å². The van der Waals surface area contributed by atoms with Crippen molar-refractivity contribution in [3.63, 3.8) is 0 Å². The van der Waals surface area contributed by atoms with Crippen LogP contribution in [0.25, 0.3) is 0 Å². The van der Waals surface area contributed by atoms with E-state index in [-0.39, 0.29) is 12.4 Å². The van der Waals surface area contributed by atoms with E-state index in [1.807, 2.05) is 0 Å². The largest absolute Gasteiger partial charge is 0.488 e. The van der Waals surface area contributed by atoms with Crippen LogP contribution in [0.4, 0.5) is 4.39 Å². The average Bonchev–Trinajstić information content (AvgIpc) is 2.25. The molecule has 1 aromatic rings. The molecule has 1 atom stereocenters. The molecule has 0 heterocycles. The fraction of sp³-hybridized carbons (Fsp3) is 0.273. The van der Waals surface area contributed by atoms with Crippen LogP contribution in [0.2, 0.25) is 0 Å². The Morgan fingerprint density at radius 3 is 2.72 bits per heavy atom. The van der Waals surface area contributed by atoms with Gasteiger partial charge < -0.3 is 15.2 Å². The molecule has 5 nitrogen and oxygen atoms in total. The summed E-state index contributed by atoms with van der Waals surface area (Å²) in [7, 11) is 0. The number of rotatable bonds is 5. The molecule has 0 aromatic heterocycles. The molecule has 2 N–H and O–H groups in total. The number of hydrogen-bond donors (Lipinski definition) is 2. The number of carbonyl (C=O) groups excluding carboxylic acids is 1. The molecule has 0 aliphatic rings. The van der Waals surface area contributed by atoms with Crippen LogP contribution in [-0.4, -0.2) is 29.6 Å². The number of nitrogens with one attached hydrogen (secondary N) is 1. The number of hydrogen-bond acceptors (Lipinski definition) is 3. The third-order valence-electron chi connectivity index (χ3n) is 1.98. The maximum absolute atomic E-state index is 13.4. The van der Waals surface area contributed by atoms with E-state index in [4.69, 9.17) is 9.84 Å². The quantitative estimate of drug-likeness (QED) is 0.863. The molecule has 0 aliphatic heterocycles. The standard InChI is InChI=1S/C11H11BrFNO4/c1-6(15)14-9(11(16)17)5-18-10-3-2-7(12)4-8(10)13/h2-4,9H,5H2,1H3,(H,14,15)(H,16,17). The van der Waals surface area contributed by atoms with Crippen molar-refractivity contribution in [2.24, 2.45) is 0 Å². The lowest BCUT2D eigenvalue weighted by molar-refractivity contribution is -0.142. The van der Waals surface area contributed by atoms with Gasteiger partial charge in [-0.1, -0.05) is 15.9 Å². The highest BCUT2D eigenvalue weighted by Gasteiger charge is 2.19. The smallest absolute Gasteiger partial charge is 0.329 e. The van der Waals surface area contributed by atoms with Gasteiger partial charge >= 0.3 is 5.97 Å². The molecule has 0 saturated heterocycles. The van der Waals surface area contributed by atoms with E-state index in [1.54, 1.807) is 6.07 Å². The van der Waals surface area contributed by atoms with Crippen molar-refractivity contribution in [3.8, 4) is 5.75 Å². The summed E-state index contributed by atoms with van der Waals surface area (Å²) in [5, 5.41) is 11.0. The zero-order valence-electron chi connectivity index (χ0n) is 9.44. The van der Waals surface area contributed by atoms with Gasteiger partial charge in [-0.25, -0.2) is 9.18 Å². The molecule has 1 amide bonds. The van der Waals surface area contributed by atoms with Crippen LogP contribution in [0.1, 0.15) is 6.92 Å². The van der Waals surface area contributed by atoms with Gasteiger partial charge in [0, 0.05) is 11.4 Å². The number of carboxylic acids is 1. The predicted octanol–water partition coefficient (Wildman–Crippen LogP) is 1.56. The minimum atomic E-state index is -1.25. The zero-order valence-corrected chi connectivity index (χ0v) is 11.0. The molecule has 1 aromatic carbocycles. The number of benzene rings is 1. The highest BCUT2D eigenvalue weighted by Crippen LogP contribution is 2.21. The van der Waals surface area contributed by atoms with Gasteiger partial charge in [-0.2, -0.15) is 0 Å². The van der Waals surface area contributed by atoms with E-state index >= 15 is 0 Å². The first-order valence-corrected chi connectivity index (χ1v) is 5.77. The van der Waals surface area contributed by atoms with Crippen molar-refractivity contribution in [1.29, 1.82) is 0 Å². The van der Waals surface area contributed by atoms with Crippen LogP contribution in [0.15, 0.2) is 22.7 Å². The number of ether oxygens (including phenoxy) is 1. The maximum atomic E-state index is 13.4. The minimum absolute atomic E-state index is 0.0743. The Balaban J connectivity index is 2.66. The van der Waals surface area contributed by atoms with E-state index < -0.39 is 23.7 Å². The summed E-state index contributed by atoms with van der Waals surface area (Å²) < 4.78 is 18.9. The Kier molecular flexibility index (Phi) is 5.08. The van der Waals surface area contributed by atoms with Gasteiger partial charge in [0.15, 0.2) is 17.6 Å². The van der Waals surface area contributed by atoms with Gasteiger partial charge in [0.2, 0.25) is 5.91 Å². The molecular weight excluding hydrogens is 309 g/mol. The van der Waals surface area contributed by atoms with E-state index in [1.165, 1.54) is 19.1 Å². The fourth-order valence-corrected chi connectivity index (χ4v) is 1.52. The monoisotopic (exact) mass is 319 g/mol. The highest BCUT2D eigenvalue weighted by molar-refractivity contribution is 9.10. The summed E-state index contributed by atoms with van der Waals surface area (Å²) in [4.78, 5) is 21.6. The number of aliphatic carboxylic acids is 1. The van der Waals surface area contributed by atoms with Gasteiger partial charge in [-0.05, 0) is 18.2 Å². The summed E-state index contributed by atoms with van der Waals surface area (Å²) in [5.41, 5.74) is 0. The van der Waals surface area contributed by atoms with Crippen molar-refractivity contribution in [1.82, 2.24) is 5.32 Å². The lowest BCUT2D eigenvalue weighted by atomic mass is 10.3. The summed E-state index contributed by atoms with van der Waals surface area (Å²) >= 11 is 3.09. The topological polar surface area (TPSA) is 75.6 Å². The van der Waals surface area contributed by atoms with Crippen molar-refractivity contribution in [3.05, 3.63) is 28.5 Å². The third kappa shape index (κ3) is 4.33. The second kappa shape index (κ2) is 6.34. The number of carboxylic acid groups (broad SMARTS) is 1. The summed E-state index contributed by atoms with van der Waals surface area (Å²) in [6, 6.07) is 2.91. The van der Waals surface area contributed by atoms with Gasteiger partial charge in [0.05, 0.1) is 0 Å². The van der Waals surface area contributed by atoms with Crippen LogP contribution in [0, 0.1) is 5.82 Å².